The third kappa shape index (κ3) is 4.12. The fourth-order valence-electron chi connectivity index (χ4n) is 2.31. The number of fused-ring (bicyclic) bond motifs is 1. The van der Waals surface area contributed by atoms with Crippen LogP contribution in [0.2, 0.25) is 0 Å². The summed E-state index contributed by atoms with van der Waals surface area (Å²) in [5, 5.41) is 17.9. The van der Waals surface area contributed by atoms with Crippen molar-refractivity contribution in [2.45, 2.75) is 37.9 Å². The third-order valence-electron chi connectivity index (χ3n) is 3.55. The third-order valence-corrected chi connectivity index (χ3v) is 3.55. The Balaban J connectivity index is 1.80. The molecule has 4 unspecified atom stereocenters. The molecule has 2 heterocycles. The largest absolute Gasteiger partial charge is 0.463 e. The van der Waals surface area contributed by atoms with Crippen LogP contribution in [0.25, 0.3) is 0 Å². The highest BCUT2D eigenvalue weighted by Crippen LogP contribution is 2.13. The first-order valence-corrected chi connectivity index (χ1v) is 7.22. The van der Waals surface area contributed by atoms with Crippen molar-refractivity contribution in [3.63, 3.8) is 0 Å². The van der Waals surface area contributed by atoms with Gasteiger partial charge in [-0.2, -0.15) is 0 Å². The quantitative estimate of drug-likeness (QED) is 0.307. The fourth-order valence-corrected chi connectivity index (χ4v) is 2.31. The molecule has 2 saturated heterocycles. The summed E-state index contributed by atoms with van der Waals surface area (Å²) >= 11 is 0. The van der Waals surface area contributed by atoms with Crippen LogP contribution in [0.1, 0.15) is 13.3 Å². The second-order valence-electron chi connectivity index (χ2n) is 5.16. The maximum absolute atomic E-state index is 11.8. The van der Waals surface area contributed by atoms with Gasteiger partial charge in [-0.3, -0.25) is 30.9 Å². The molecule has 0 radical (unpaired) electrons. The van der Waals surface area contributed by atoms with Gasteiger partial charge < -0.3 is 19.9 Å². The van der Waals surface area contributed by atoms with Crippen molar-refractivity contribution >= 4 is 11.9 Å². The lowest BCUT2D eigenvalue weighted by Crippen LogP contribution is -2.70. The molecule has 22 heavy (non-hydrogen) atoms. The van der Waals surface area contributed by atoms with Crippen LogP contribution in [0.4, 0.5) is 0 Å². The molecule has 126 valence electrons. The van der Waals surface area contributed by atoms with Crippen LogP contribution < -0.4 is 21.7 Å². The Morgan fingerprint density at radius 1 is 1.59 bits per heavy atom. The number of aliphatic hydroxyl groups is 1. The van der Waals surface area contributed by atoms with E-state index in [9.17, 15) is 14.7 Å². The van der Waals surface area contributed by atoms with E-state index < -0.39 is 18.4 Å². The minimum absolute atomic E-state index is 0.00797. The Morgan fingerprint density at radius 2 is 2.36 bits per heavy atom. The molecule has 2 fully saturated rings. The molecule has 0 aliphatic carbocycles. The molecule has 10 heteroatoms. The van der Waals surface area contributed by atoms with Crippen LogP contribution in [-0.4, -0.2) is 73.1 Å². The lowest BCUT2D eigenvalue weighted by atomic mass is 10.2. The fraction of sp³-hybridized carbons (Fsp3) is 0.833. The molecule has 0 aromatic heterocycles. The Bertz CT molecular complexity index is 409. The Morgan fingerprint density at radius 3 is 3.05 bits per heavy atom. The first-order chi connectivity index (χ1) is 10.5. The van der Waals surface area contributed by atoms with E-state index in [2.05, 4.69) is 16.0 Å². The van der Waals surface area contributed by atoms with Crippen LogP contribution in [-0.2, 0) is 19.1 Å². The van der Waals surface area contributed by atoms with Gasteiger partial charge in [-0.25, -0.2) is 0 Å². The zero-order valence-electron chi connectivity index (χ0n) is 12.4. The van der Waals surface area contributed by atoms with Crippen molar-refractivity contribution in [2.75, 3.05) is 26.6 Å². The van der Waals surface area contributed by atoms with Crippen LogP contribution >= 0.6 is 0 Å². The number of carbonyl (C=O) groups excluding carboxylic acids is 2. The van der Waals surface area contributed by atoms with Gasteiger partial charge in [-0.1, -0.05) is 6.92 Å². The first kappa shape index (κ1) is 17.1. The highest BCUT2D eigenvalue weighted by atomic mass is 16.6. The molecule has 0 bridgehead atoms. The summed E-state index contributed by atoms with van der Waals surface area (Å²) in [6.45, 7) is 2.02. The summed E-state index contributed by atoms with van der Waals surface area (Å²) in [6, 6.07) is -0.408. The Kier molecular flexibility index (Phi) is 6.06. The topological polar surface area (TPSA) is 138 Å². The SMILES string of the molecule is CCC(=O)OCC(CO)OCN1CNC2C(=O)NC(N)NC21. The second kappa shape index (κ2) is 7.81. The summed E-state index contributed by atoms with van der Waals surface area (Å²) in [5.41, 5.74) is 5.69. The number of hydrogen-bond acceptors (Lipinski definition) is 9. The smallest absolute Gasteiger partial charge is 0.305 e. The molecular formula is C12H23N5O5. The van der Waals surface area contributed by atoms with Gasteiger partial charge in [0.15, 0.2) is 0 Å². The van der Waals surface area contributed by atoms with Gasteiger partial charge in [0.05, 0.1) is 19.4 Å². The average molecular weight is 317 g/mol. The zero-order chi connectivity index (χ0) is 16.1. The number of nitrogens with two attached hydrogens (primary N) is 1. The highest BCUT2D eigenvalue weighted by molar-refractivity contribution is 5.83. The Labute approximate surface area is 128 Å². The van der Waals surface area contributed by atoms with Crippen LogP contribution in [0.5, 0.6) is 0 Å². The van der Waals surface area contributed by atoms with Crippen molar-refractivity contribution in [1.82, 2.24) is 20.9 Å². The number of carbonyl (C=O) groups is 2. The van der Waals surface area contributed by atoms with Crippen molar-refractivity contribution in [2.24, 2.45) is 5.73 Å². The summed E-state index contributed by atoms with van der Waals surface area (Å²) in [6.07, 6.45) is -1.24. The molecule has 1 amide bonds. The summed E-state index contributed by atoms with van der Waals surface area (Å²) in [5.74, 6) is -0.518. The number of hydrogen-bond donors (Lipinski definition) is 5. The Hall–Kier alpha value is -1.30. The number of amides is 1. The average Bonchev–Trinajstić information content (AvgIpc) is 2.90. The van der Waals surface area contributed by atoms with E-state index in [4.69, 9.17) is 15.2 Å². The van der Waals surface area contributed by atoms with E-state index in [0.29, 0.717) is 6.67 Å². The molecule has 10 nitrogen and oxygen atoms in total. The molecule has 2 aliphatic heterocycles. The van der Waals surface area contributed by atoms with Gasteiger partial charge >= 0.3 is 5.97 Å². The predicted molar refractivity (Wildman–Crippen MR) is 74.7 cm³/mol. The van der Waals surface area contributed by atoms with Gasteiger partial charge in [0, 0.05) is 6.42 Å². The van der Waals surface area contributed by atoms with Crippen molar-refractivity contribution in [3.8, 4) is 0 Å². The van der Waals surface area contributed by atoms with E-state index in [1.165, 1.54) is 0 Å². The molecule has 0 saturated carbocycles. The number of ether oxygens (including phenoxy) is 2. The number of aliphatic hydroxyl groups excluding tert-OH is 1. The summed E-state index contributed by atoms with van der Waals surface area (Å²) in [7, 11) is 0. The number of nitrogens with zero attached hydrogens (tertiary/aromatic N) is 1. The molecule has 0 aromatic rings. The highest BCUT2D eigenvalue weighted by Gasteiger charge is 2.42. The van der Waals surface area contributed by atoms with Crippen molar-refractivity contribution in [1.29, 1.82) is 0 Å². The number of nitrogens with one attached hydrogen (secondary N) is 3. The molecule has 4 atom stereocenters. The minimum atomic E-state index is -0.615. The molecule has 0 aromatic carbocycles. The lowest BCUT2D eigenvalue weighted by molar-refractivity contribution is -0.151. The normalized spacial score (nSPS) is 29.8. The van der Waals surface area contributed by atoms with E-state index in [1.807, 2.05) is 4.90 Å². The van der Waals surface area contributed by atoms with Crippen molar-refractivity contribution < 1.29 is 24.2 Å². The van der Waals surface area contributed by atoms with E-state index >= 15 is 0 Å². The maximum atomic E-state index is 11.8. The van der Waals surface area contributed by atoms with Gasteiger partial charge in [-0.15, -0.1) is 0 Å². The van der Waals surface area contributed by atoms with Crippen LogP contribution in [0, 0.1) is 0 Å². The van der Waals surface area contributed by atoms with E-state index in [0.717, 1.165) is 0 Å². The standard InChI is InChI=1S/C12H23N5O5/c1-2-8(19)21-4-7(3-18)22-6-17-5-14-9-10(17)15-12(13)16-11(9)20/h7,9-10,12,14-15,18H,2-6,13H2,1H3,(H,16,20). The van der Waals surface area contributed by atoms with E-state index in [1.54, 1.807) is 6.92 Å². The maximum Gasteiger partial charge on any atom is 0.305 e. The molecule has 2 rings (SSSR count). The lowest BCUT2D eigenvalue weighted by Gasteiger charge is -2.35. The summed E-state index contributed by atoms with van der Waals surface area (Å²) in [4.78, 5) is 24.7. The molecule has 2 aliphatic rings. The number of esters is 1. The second-order valence-corrected chi connectivity index (χ2v) is 5.16. The van der Waals surface area contributed by atoms with Gasteiger partial charge in [0.25, 0.3) is 0 Å². The molecular weight excluding hydrogens is 294 g/mol. The predicted octanol–water partition coefficient (Wildman–Crippen LogP) is -3.21. The zero-order valence-corrected chi connectivity index (χ0v) is 12.4. The van der Waals surface area contributed by atoms with Crippen molar-refractivity contribution in [3.05, 3.63) is 0 Å². The molecule has 0 spiro atoms. The van der Waals surface area contributed by atoms with Crippen LogP contribution in [0.15, 0.2) is 0 Å². The van der Waals surface area contributed by atoms with Crippen LogP contribution in [0.3, 0.4) is 0 Å². The number of rotatable bonds is 7. The molecule has 6 N–H and O–H groups in total. The van der Waals surface area contributed by atoms with Gasteiger partial charge in [0.2, 0.25) is 5.91 Å². The monoisotopic (exact) mass is 317 g/mol. The van der Waals surface area contributed by atoms with Gasteiger partial charge in [-0.05, 0) is 0 Å². The van der Waals surface area contributed by atoms with E-state index in [-0.39, 0.29) is 44.4 Å². The van der Waals surface area contributed by atoms with Gasteiger partial charge in [0.1, 0.15) is 31.8 Å². The summed E-state index contributed by atoms with van der Waals surface area (Å²) < 4.78 is 10.5. The first-order valence-electron chi connectivity index (χ1n) is 7.22. The minimum Gasteiger partial charge on any atom is -0.463 e.